The number of halogens is 3. The Labute approximate surface area is 130 Å². The molecule has 0 aromatic heterocycles. The van der Waals surface area contributed by atoms with Crippen LogP contribution in [0.15, 0.2) is 36.4 Å². The second kappa shape index (κ2) is 5.13. The first-order valence-corrected chi connectivity index (χ1v) is 6.87. The third-order valence-corrected chi connectivity index (χ3v) is 3.81. The standard InChI is InChI=1S/C15H7Cl3O2/c16-9-3-1-8(2-4-9)7-12-13-10(17)5-6-11(18)14(13)15(19)20-12/h1-7H/b12-7-. The Morgan fingerprint density at radius 1 is 0.850 bits per heavy atom. The predicted octanol–water partition coefficient (Wildman–Crippen LogP) is 5.32. The SMILES string of the molecule is O=C1O/C(=C\c2ccc(Cl)cc2)c2c(Cl)ccc(Cl)c21. The molecule has 1 aliphatic rings. The Hall–Kier alpha value is -1.48. The van der Waals surface area contributed by atoms with E-state index < -0.39 is 5.97 Å². The van der Waals surface area contributed by atoms with Gasteiger partial charge < -0.3 is 4.74 Å². The number of ether oxygens (including phenoxy) is 1. The minimum absolute atomic E-state index is 0.305. The Kier molecular flexibility index (Phi) is 3.47. The first kappa shape index (κ1) is 13.5. The van der Waals surface area contributed by atoms with E-state index in [0.717, 1.165) is 5.56 Å². The molecule has 0 aliphatic carbocycles. The summed E-state index contributed by atoms with van der Waals surface area (Å²) < 4.78 is 5.25. The fourth-order valence-corrected chi connectivity index (χ4v) is 2.62. The zero-order chi connectivity index (χ0) is 14.3. The predicted molar refractivity (Wildman–Crippen MR) is 81.2 cm³/mol. The van der Waals surface area contributed by atoms with Crippen LogP contribution in [0.4, 0.5) is 0 Å². The van der Waals surface area contributed by atoms with Crippen molar-refractivity contribution in [2.45, 2.75) is 0 Å². The van der Waals surface area contributed by atoms with Gasteiger partial charge in [0.05, 0.1) is 21.2 Å². The zero-order valence-electron chi connectivity index (χ0n) is 9.99. The van der Waals surface area contributed by atoms with Crippen molar-refractivity contribution in [1.82, 2.24) is 0 Å². The monoisotopic (exact) mass is 324 g/mol. The second-order valence-electron chi connectivity index (χ2n) is 4.23. The Bertz CT molecular complexity index is 734. The normalized spacial score (nSPS) is 15.3. The first-order chi connectivity index (χ1) is 9.56. The molecule has 0 unspecified atom stereocenters. The van der Waals surface area contributed by atoms with E-state index >= 15 is 0 Å². The molecule has 1 aliphatic heterocycles. The van der Waals surface area contributed by atoms with Crippen LogP contribution in [0.25, 0.3) is 11.8 Å². The summed E-state index contributed by atoms with van der Waals surface area (Å²) in [5, 5.41) is 1.39. The molecule has 0 N–H and O–H groups in total. The molecule has 2 aromatic carbocycles. The van der Waals surface area contributed by atoms with Crippen molar-refractivity contribution in [2.24, 2.45) is 0 Å². The molecule has 0 saturated heterocycles. The van der Waals surface area contributed by atoms with Gasteiger partial charge in [-0.15, -0.1) is 0 Å². The highest BCUT2D eigenvalue weighted by Gasteiger charge is 2.31. The van der Waals surface area contributed by atoms with Crippen LogP contribution in [-0.4, -0.2) is 5.97 Å². The van der Waals surface area contributed by atoms with Crippen molar-refractivity contribution in [3.8, 4) is 0 Å². The molecule has 2 aromatic rings. The number of cyclic esters (lactones) is 1. The molecule has 0 atom stereocenters. The third kappa shape index (κ3) is 2.31. The highest BCUT2D eigenvalue weighted by Crippen LogP contribution is 2.40. The number of carbonyl (C=O) groups excluding carboxylic acids is 1. The van der Waals surface area contributed by atoms with Crippen molar-refractivity contribution in [1.29, 1.82) is 0 Å². The number of esters is 1. The summed E-state index contributed by atoms with van der Waals surface area (Å²) >= 11 is 18.0. The highest BCUT2D eigenvalue weighted by atomic mass is 35.5. The minimum Gasteiger partial charge on any atom is -0.422 e. The molecule has 0 bridgehead atoms. The van der Waals surface area contributed by atoms with Gasteiger partial charge in [-0.3, -0.25) is 0 Å². The van der Waals surface area contributed by atoms with Gasteiger partial charge in [0.15, 0.2) is 0 Å². The van der Waals surface area contributed by atoms with Crippen molar-refractivity contribution >= 4 is 52.6 Å². The number of rotatable bonds is 1. The van der Waals surface area contributed by atoms with Crippen LogP contribution < -0.4 is 0 Å². The van der Waals surface area contributed by atoms with Gasteiger partial charge >= 0.3 is 5.97 Å². The van der Waals surface area contributed by atoms with Gasteiger partial charge in [-0.25, -0.2) is 4.79 Å². The maximum absolute atomic E-state index is 11.9. The third-order valence-electron chi connectivity index (χ3n) is 2.92. The van der Waals surface area contributed by atoms with Gasteiger partial charge in [-0.1, -0.05) is 46.9 Å². The summed E-state index contributed by atoms with van der Waals surface area (Å²) in [4.78, 5) is 11.9. The van der Waals surface area contributed by atoms with Gasteiger partial charge in [0.2, 0.25) is 0 Å². The quantitative estimate of drug-likeness (QED) is 0.664. The van der Waals surface area contributed by atoms with E-state index in [2.05, 4.69) is 0 Å². The van der Waals surface area contributed by atoms with Crippen molar-refractivity contribution in [3.63, 3.8) is 0 Å². The average molecular weight is 326 g/mol. The summed E-state index contributed by atoms with van der Waals surface area (Å²) in [7, 11) is 0. The average Bonchev–Trinajstić information content (AvgIpc) is 2.75. The topological polar surface area (TPSA) is 26.3 Å². The van der Waals surface area contributed by atoms with Crippen molar-refractivity contribution in [2.75, 3.05) is 0 Å². The number of benzene rings is 2. The lowest BCUT2D eigenvalue weighted by atomic mass is 10.1. The van der Waals surface area contributed by atoms with Crippen molar-refractivity contribution < 1.29 is 9.53 Å². The molecule has 20 heavy (non-hydrogen) atoms. The molecule has 1 heterocycles. The van der Waals surface area contributed by atoms with Crippen molar-refractivity contribution in [3.05, 3.63) is 68.2 Å². The first-order valence-electron chi connectivity index (χ1n) is 5.74. The molecule has 0 amide bonds. The Morgan fingerprint density at radius 2 is 1.45 bits per heavy atom. The molecule has 0 radical (unpaired) electrons. The molecule has 2 nitrogen and oxygen atoms in total. The fourth-order valence-electron chi connectivity index (χ4n) is 2.01. The molecule has 0 saturated carbocycles. The summed E-state index contributed by atoms with van der Waals surface area (Å²) in [6.45, 7) is 0. The summed E-state index contributed by atoms with van der Waals surface area (Å²) in [6.07, 6.45) is 1.72. The van der Waals surface area contributed by atoms with E-state index in [0.29, 0.717) is 32.0 Å². The van der Waals surface area contributed by atoms with Gasteiger partial charge in [0.25, 0.3) is 0 Å². The van der Waals surface area contributed by atoms with Crippen LogP contribution in [0.2, 0.25) is 15.1 Å². The Balaban J connectivity index is 2.14. The van der Waals surface area contributed by atoms with Crippen LogP contribution in [0.5, 0.6) is 0 Å². The highest BCUT2D eigenvalue weighted by molar-refractivity contribution is 6.38. The van der Waals surface area contributed by atoms with Crippen LogP contribution in [0, 0.1) is 0 Å². The maximum atomic E-state index is 11.9. The van der Waals surface area contributed by atoms with E-state index in [-0.39, 0.29) is 0 Å². The maximum Gasteiger partial charge on any atom is 0.345 e. The molecular weight excluding hydrogens is 319 g/mol. The molecular formula is C15H7Cl3O2. The summed E-state index contributed by atoms with van der Waals surface area (Å²) in [5.74, 6) is -0.104. The smallest absolute Gasteiger partial charge is 0.345 e. The molecule has 5 heteroatoms. The van der Waals surface area contributed by atoms with E-state index in [1.807, 2.05) is 12.1 Å². The van der Waals surface area contributed by atoms with Gasteiger partial charge in [0, 0.05) is 5.02 Å². The number of hydrogen-bond donors (Lipinski definition) is 0. The molecule has 100 valence electrons. The molecule has 0 fully saturated rings. The van der Waals surface area contributed by atoms with Crippen LogP contribution in [-0.2, 0) is 4.74 Å². The van der Waals surface area contributed by atoms with E-state index in [1.165, 1.54) is 0 Å². The van der Waals surface area contributed by atoms with Gasteiger partial charge in [-0.05, 0) is 35.9 Å². The van der Waals surface area contributed by atoms with Gasteiger partial charge in [0.1, 0.15) is 5.76 Å². The van der Waals surface area contributed by atoms with E-state index in [9.17, 15) is 4.79 Å². The largest absolute Gasteiger partial charge is 0.422 e. The minimum atomic E-state index is -0.493. The number of carbonyl (C=O) groups is 1. The molecule has 3 rings (SSSR count). The lowest BCUT2D eigenvalue weighted by molar-refractivity contribution is 0.0717. The molecule has 0 spiro atoms. The Morgan fingerprint density at radius 3 is 2.10 bits per heavy atom. The van der Waals surface area contributed by atoms with Crippen LogP contribution >= 0.6 is 34.8 Å². The van der Waals surface area contributed by atoms with Crippen LogP contribution in [0.3, 0.4) is 0 Å². The van der Waals surface area contributed by atoms with E-state index in [4.69, 9.17) is 39.5 Å². The lowest BCUT2D eigenvalue weighted by Crippen LogP contribution is -1.94. The second-order valence-corrected chi connectivity index (χ2v) is 5.48. The fraction of sp³-hybridized carbons (Fsp3) is 0. The van der Waals surface area contributed by atoms with Crippen LogP contribution in [0.1, 0.15) is 21.5 Å². The summed E-state index contributed by atoms with van der Waals surface area (Å²) in [5.41, 5.74) is 1.68. The number of hydrogen-bond acceptors (Lipinski definition) is 2. The number of fused-ring (bicyclic) bond motifs is 1. The van der Waals surface area contributed by atoms with Gasteiger partial charge in [-0.2, -0.15) is 0 Å². The zero-order valence-corrected chi connectivity index (χ0v) is 12.3. The lowest BCUT2D eigenvalue weighted by Gasteiger charge is -2.02. The summed E-state index contributed by atoms with van der Waals surface area (Å²) in [6, 6.07) is 10.4. The van der Waals surface area contributed by atoms with E-state index in [1.54, 1.807) is 30.3 Å².